The van der Waals surface area contributed by atoms with Crippen LogP contribution in [-0.4, -0.2) is 59.8 Å². The summed E-state index contributed by atoms with van der Waals surface area (Å²) < 4.78 is 6.33. The molecule has 0 N–H and O–H groups in total. The van der Waals surface area contributed by atoms with Crippen LogP contribution < -0.4 is 4.90 Å². The van der Waals surface area contributed by atoms with Crippen LogP contribution in [0.15, 0.2) is 18.5 Å². The highest BCUT2D eigenvalue weighted by Gasteiger charge is 2.45. The topological polar surface area (TPSA) is 41.5 Å². The maximum Gasteiger partial charge on any atom is 0.225 e. The molecule has 120 valence electrons. The molecule has 5 heteroatoms. The summed E-state index contributed by atoms with van der Waals surface area (Å²) in [7, 11) is 2.09. The Morgan fingerprint density at radius 2 is 2.18 bits per heavy atom. The second-order valence-corrected chi connectivity index (χ2v) is 7.29. The van der Waals surface area contributed by atoms with Gasteiger partial charge in [0.15, 0.2) is 0 Å². The number of aromatic nitrogens is 2. The van der Waals surface area contributed by atoms with E-state index >= 15 is 0 Å². The molecular weight excluding hydrogens is 276 g/mol. The smallest absolute Gasteiger partial charge is 0.225 e. The van der Waals surface area contributed by atoms with E-state index in [-0.39, 0.29) is 5.60 Å². The van der Waals surface area contributed by atoms with Crippen molar-refractivity contribution in [3.05, 3.63) is 18.5 Å². The van der Waals surface area contributed by atoms with Gasteiger partial charge in [-0.1, -0.05) is 0 Å². The minimum atomic E-state index is 0.0703. The monoisotopic (exact) mass is 302 g/mol. The molecule has 1 saturated carbocycles. The summed E-state index contributed by atoms with van der Waals surface area (Å²) >= 11 is 0. The molecule has 3 fully saturated rings. The fourth-order valence-electron chi connectivity index (χ4n) is 4.00. The molecule has 2 atom stereocenters. The van der Waals surface area contributed by atoms with Gasteiger partial charge in [0.2, 0.25) is 5.95 Å². The number of likely N-dealkylation sites (tertiary alicyclic amines) is 1. The van der Waals surface area contributed by atoms with Gasteiger partial charge < -0.3 is 14.5 Å². The Kier molecular flexibility index (Phi) is 3.78. The largest absolute Gasteiger partial charge is 0.371 e. The predicted molar refractivity (Wildman–Crippen MR) is 85.9 cm³/mol. The third kappa shape index (κ3) is 2.97. The molecule has 1 spiro atoms. The van der Waals surface area contributed by atoms with Crippen LogP contribution in [0.5, 0.6) is 0 Å². The van der Waals surface area contributed by atoms with Crippen LogP contribution >= 0.6 is 0 Å². The van der Waals surface area contributed by atoms with E-state index < -0.39 is 0 Å². The fourth-order valence-corrected chi connectivity index (χ4v) is 4.00. The molecule has 0 aromatic carbocycles. The maximum atomic E-state index is 6.33. The van der Waals surface area contributed by atoms with E-state index in [0.29, 0.717) is 6.04 Å². The summed E-state index contributed by atoms with van der Waals surface area (Å²) in [5.41, 5.74) is 0.0703. The first kappa shape index (κ1) is 14.4. The Labute approximate surface area is 132 Å². The summed E-state index contributed by atoms with van der Waals surface area (Å²) in [6.45, 7) is 4.45. The minimum Gasteiger partial charge on any atom is -0.371 e. The summed E-state index contributed by atoms with van der Waals surface area (Å²) in [5, 5.41) is 0. The third-order valence-electron chi connectivity index (χ3n) is 5.44. The van der Waals surface area contributed by atoms with Crippen molar-refractivity contribution in [1.29, 1.82) is 0 Å². The first-order valence-corrected chi connectivity index (χ1v) is 8.60. The Morgan fingerprint density at radius 3 is 2.95 bits per heavy atom. The number of hydrogen-bond acceptors (Lipinski definition) is 5. The minimum absolute atomic E-state index is 0.0703. The van der Waals surface area contributed by atoms with E-state index in [9.17, 15) is 0 Å². The van der Waals surface area contributed by atoms with E-state index in [1.54, 1.807) is 0 Å². The van der Waals surface area contributed by atoms with Gasteiger partial charge in [0.25, 0.3) is 0 Å². The Hall–Kier alpha value is -1.20. The summed E-state index contributed by atoms with van der Waals surface area (Å²) in [5.74, 6) is 1.77. The summed E-state index contributed by atoms with van der Waals surface area (Å²) in [4.78, 5) is 13.6. The zero-order valence-electron chi connectivity index (χ0n) is 13.4. The number of piperidine rings is 1. The lowest BCUT2D eigenvalue weighted by molar-refractivity contribution is -0.0521. The van der Waals surface area contributed by atoms with Crippen molar-refractivity contribution in [2.75, 3.05) is 38.2 Å². The van der Waals surface area contributed by atoms with Crippen molar-refractivity contribution in [3.8, 4) is 0 Å². The lowest BCUT2D eigenvalue weighted by atomic mass is 9.88. The van der Waals surface area contributed by atoms with Crippen LogP contribution in [0.1, 0.15) is 32.1 Å². The van der Waals surface area contributed by atoms with Crippen LogP contribution in [0.3, 0.4) is 0 Å². The van der Waals surface area contributed by atoms with Crippen LogP contribution in [0.25, 0.3) is 0 Å². The molecule has 1 aromatic rings. The number of anilines is 1. The number of hydrogen-bond donors (Lipinski definition) is 0. The Bertz CT molecular complexity index is 507. The molecule has 0 amide bonds. The van der Waals surface area contributed by atoms with Crippen molar-refractivity contribution in [3.63, 3.8) is 0 Å². The predicted octanol–water partition coefficient (Wildman–Crippen LogP) is 1.95. The van der Waals surface area contributed by atoms with Crippen molar-refractivity contribution in [1.82, 2.24) is 14.9 Å². The number of nitrogens with zero attached hydrogens (tertiary/aromatic N) is 4. The molecule has 0 bridgehead atoms. The van der Waals surface area contributed by atoms with Gasteiger partial charge >= 0.3 is 0 Å². The van der Waals surface area contributed by atoms with Gasteiger partial charge in [0.05, 0.1) is 18.2 Å². The third-order valence-corrected chi connectivity index (χ3v) is 5.44. The molecule has 2 aliphatic heterocycles. The molecule has 0 unspecified atom stereocenters. The van der Waals surface area contributed by atoms with E-state index in [2.05, 4.69) is 26.8 Å². The summed E-state index contributed by atoms with van der Waals surface area (Å²) in [6, 6.07) is 2.25. The van der Waals surface area contributed by atoms with Gasteiger partial charge in [-0.15, -0.1) is 0 Å². The first-order chi connectivity index (χ1) is 10.7. The zero-order chi connectivity index (χ0) is 15.0. The highest BCUT2D eigenvalue weighted by atomic mass is 16.5. The van der Waals surface area contributed by atoms with Gasteiger partial charge in [-0.2, -0.15) is 0 Å². The molecule has 22 heavy (non-hydrogen) atoms. The van der Waals surface area contributed by atoms with Crippen LogP contribution in [0, 0.1) is 5.92 Å². The van der Waals surface area contributed by atoms with Crippen molar-refractivity contribution in [2.45, 2.75) is 43.7 Å². The van der Waals surface area contributed by atoms with E-state index in [1.165, 1.54) is 38.8 Å². The average molecular weight is 302 g/mol. The van der Waals surface area contributed by atoms with E-state index in [0.717, 1.165) is 31.4 Å². The van der Waals surface area contributed by atoms with Crippen molar-refractivity contribution < 1.29 is 4.74 Å². The van der Waals surface area contributed by atoms with Gasteiger partial charge in [-0.05, 0) is 44.2 Å². The van der Waals surface area contributed by atoms with Gasteiger partial charge in [-0.3, -0.25) is 0 Å². The first-order valence-electron chi connectivity index (χ1n) is 8.60. The average Bonchev–Trinajstić information content (AvgIpc) is 3.27. The van der Waals surface area contributed by atoms with Crippen LogP contribution in [0.4, 0.5) is 5.95 Å². The molecular formula is C17H26N4O. The quantitative estimate of drug-likeness (QED) is 0.850. The normalized spacial score (nSPS) is 32.5. The van der Waals surface area contributed by atoms with Gasteiger partial charge in [-0.25, -0.2) is 9.97 Å². The lowest BCUT2D eigenvalue weighted by Gasteiger charge is -2.40. The molecule has 0 radical (unpaired) electrons. The number of rotatable bonds is 4. The van der Waals surface area contributed by atoms with Crippen LogP contribution in [-0.2, 0) is 4.74 Å². The Balaban J connectivity index is 1.40. The highest BCUT2D eigenvalue weighted by molar-refractivity contribution is 5.30. The standard InChI is InChI=1S/C17H26N4O/c1-20(16-18-7-3-8-19-16)15-10-17(22-12-15)6-2-9-21(13-17)11-14-4-5-14/h3,7-8,14-15H,2,4-6,9-13H2,1H3/t15-,17-/m0/s1. The van der Waals surface area contributed by atoms with E-state index in [1.807, 2.05) is 18.5 Å². The van der Waals surface area contributed by atoms with E-state index in [4.69, 9.17) is 4.74 Å². The fraction of sp³-hybridized carbons (Fsp3) is 0.765. The summed E-state index contributed by atoms with van der Waals surface area (Å²) in [6.07, 6.45) is 10.1. The SMILES string of the molecule is CN(c1ncccn1)[C@@H]1CO[C@@]2(CCCN(CC3CC3)C2)C1. The van der Waals surface area contributed by atoms with Gasteiger partial charge in [0, 0.05) is 39.0 Å². The van der Waals surface area contributed by atoms with Crippen molar-refractivity contribution in [2.24, 2.45) is 5.92 Å². The second kappa shape index (κ2) is 5.78. The van der Waals surface area contributed by atoms with Gasteiger partial charge in [0.1, 0.15) is 0 Å². The molecule has 2 saturated heterocycles. The number of ether oxygens (including phenoxy) is 1. The zero-order valence-corrected chi connectivity index (χ0v) is 13.4. The molecule has 1 aliphatic carbocycles. The second-order valence-electron chi connectivity index (χ2n) is 7.29. The molecule has 5 nitrogen and oxygen atoms in total. The molecule has 4 rings (SSSR count). The maximum absolute atomic E-state index is 6.33. The number of likely N-dealkylation sites (N-methyl/N-ethyl adjacent to an activating group) is 1. The van der Waals surface area contributed by atoms with Crippen LogP contribution in [0.2, 0.25) is 0 Å². The molecule has 1 aromatic heterocycles. The van der Waals surface area contributed by atoms with Crippen molar-refractivity contribution >= 4 is 5.95 Å². The lowest BCUT2D eigenvalue weighted by Crippen LogP contribution is -2.49. The molecule has 3 aliphatic rings. The highest BCUT2D eigenvalue weighted by Crippen LogP contribution is 2.38. The molecule has 3 heterocycles. The Morgan fingerprint density at radius 1 is 1.36 bits per heavy atom.